The largest absolute Gasteiger partial charge is 0.508 e. The summed E-state index contributed by atoms with van der Waals surface area (Å²) in [5.41, 5.74) is 0.477. The fourth-order valence-electron chi connectivity index (χ4n) is 1.20. The van der Waals surface area contributed by atoms with Gasteiger partial charge in [0.15, 0.2) is 0 Å². The molecule has 0 aliphatic carbocycles. The first-order chi connectivity index (χ1) is 7.78. The number of nitriles is 1. The van der Waals surface area contributed by atoms with Crippen LogP contribution in [0.5, 0.6) is 17.4 Å². The van der Waals surface area contributed by atoms with Crippen LogP contribution in [-0.4, -0.2) is 10.1 Å². The van der Waals surface area contributed by atoms with Crippen LogP contribution in [0.2, 0.25) is 0 Å². The van der Waals surface area contributed by atoms with Crippen molar-refractivity contribution in [3.8, 4) is 23.4 Å². The molecule has 0 aliphatic heterocycles. The van der Waals surface area contributed by atoms with Crippen molar-refractivity contribution < 1.29 is 9.84 Å². The van der Waals surface area contributed by atoms with Crippen LogP contribution in [0.15, 0.2) is 42.6 Å². The zero-order chi connectivity index (χ0) is 11.4. The van der Waals surface area contributed by atoms with Crippen LogP contribution < -0.4 is 4.74 Å². The van der Waals surface area contributed by atoms with E-state index in [0.717, 1.165) is 0 Å². The highest BCUT2D eigenvalue weighted by atomic mass is 16.5. The number of ether oxygens (including phenoxy) is 1. The van der Waals surface area contributed by atoms with Gasteiger partial charge in [-0.2, -0.15) is 5.26 Å². The molecule has 1 heterocycles. The summed E-state index contributed by atoms with van der Waals surface area (Å²) in [6.07, 6.45) is 1.50. The van der Waals surface area contributed by atoms with Gasteiger partial charge in [0.05, 0.1) is 11.6 Å². The SMILES string of the molecule is N#Cc1ccnc(Oc2cccc(O)c2)c1. The number of pyridine rings is 1. The van der Waals surface area contributed by atoms with Crippen molar-refractivity contribution in [1.82, 2.24) is 4.98 Å². The van der Waals surface area contributed by atoms with E-state index in [2.05, 4.69) is 4.98 Å². The zero-order valence-corrected chi connectivity index (χ0v) is 8.29. The number of hydrogen-bond acceptors (Lipinski definition) is 4. The lowest BCUT2D eigenvalue weighted by Crippen LogP contribution is -1.88. The van der Waals surface area contributed by atoms with Crippen molar-refractivity contribution in [2.24, 2.45) is 0 Å². The molecule has 78 valence electrons. The Kier molecular flexibility index (Phi) is 2.70. The van der Waals surface area contributed by atoms with E-state index in [-0.39, 0.29) is 5.75 Å². The summed E-state index contributed by atoms with van der Waals surface area (Å²) in [5, 5.41) is 17.9. The summed E-state index contributed by atoms with van der Waals surface area (Å²) in [7, 11) is 0. The Morgan fingerprint density at radius 3 is 2.88 bits per heavy atom. The van der Waals surface area contributed by atoms with Gasteiger partial charge in [0.25, 0.3) is 0 Å². The van der Waals surface area contributed by atoms with E-state index in [4.69, 9.17) is 10.00 Å². The molecule has 0 spiro atoms. The Hall–Kier alpha value is -2.54. The topological polar surface area (TPSA) is 66.1 Å². The van der Waals surface area contributed by atoms with Gasteiger partial charge >= 0.3 is 0 Å². The molecule has 16 heavy (non-hydrogen) atoms. The van der Waals surface area contributed by atoms with Crippen LogP contribution in [0.4, 0.5) is 0 Å². The number of hydrogen-bond donors (Lipinski definition) is 1. The number of rotatable bonds is 2. The molecule has 0 amide bonds. The number of aromatic nitrogens is 1. The summed E-state index contributed by atoms with van der Waals surface area (Å²) < 4.78 is 5.38. The maximum Gasteiger partial charge on any atom is 0.220 e. The highest BCUT2D eigenvalue weighted by Gasteiger charge is 2.00. The van der Waals surface area contributed by atoms with Gasteiger partial charge in [-0.1, -0.05) is 6.07 Å². The number of phenols is 1. The zero-order valence-electron chi connectivity index (χ0n) is 8.29. The van der Waals surface area contributed by atoms with Crippen LogP contribution >= 0.6 is 0 Å². The number of benzene rings is 1. The first-order valence-electron chi connectivity index (χ1n) is 4.61. The lowest BCUT2D eigenvalue weighted by atomic mass is 10.3. The molecule has 0 saturated heterocycles. The number of phenolic OH excluding ortho intramolecular Hbond substituents is 1. The molecule has 4 nitrogen and oxygen atoms in total. The second-order valence-electron chi connectivity index (χ2n) is 3.09. The second kappa shape index (κ2) is 4.32. The van der Waals surface area contributed by atoms with E-state index in [9.17, 15) is 5.11 Å². The first-order valence-corrected chi connectivity index (χ1v) is 4.61. The summed E-state index contributed by atoms with van der Waals surface area (Å²) in [6, 6.07) is 11.5. The molecular formula is C12H8N2O2. The molecule has 0 aliphatic rings. The molecular weight excluding hydrogens is 204 g/mol. The van der Waals surface area contributed by atoms with E-state index in [0.29, 0.717) is 17.2 Å². The summed E-state index contributed by atoms with van der Waals surface area (Å²) in [5.74, 6) is 0.918. The van der Waals surface area contributed by atoms with E-state index in [1.54, 1.807) is 24.3 Å². The van der Waals surface area contributed by atoms with Crippen LogP contribution in [-0.2, 0) is 0 Å². The molecule has 0 saturated carbocycles. The maximum atomic E-state index is 9.24. The van der Waals surface area contributed by atoms with Gasteiger partial charge in [-0.25, -0.2) is 4.98 Å². The molecule has 2 rings (SSSR count). The highest BCUT2D eigenvalue weighted by Crippen LogP contribution is 2.23. The summed E-state index contributed by atoms with van der Waals surface area (Å²) in [4.78, 5) is 3.96. The molecule has 0 bridgehead atoms. The van der Waals surface area contributed by atoms with Crippen LogP contribution in [0, 0.1) is 11.3 Å². The smallest absolute Gasteiger partial charge is 0.220 e. The number of aromatic hydroxyl groups is 1. The molecule has 0 radical (unpaired) electrons. The maximum absolute atomic E-state index is 9.24. The van der Waals surface area contributed by atoms with Gasteiger partial charge in [0.1, 0.15) is 11.5 Å². The van der Waals surface area contributed by atoms with E-state index in [1.807, 2.05) is 6.07 Å². The second-order valence-corrected chi connectivity index (χ2v) is 3.09. The predicted octanol–water partition coefficient (Wildman–Crippen LogP) is 2.45. The van der Waals surface area contributed by atoms with E-state index in [1.165, 1.54) is 18.3 Å². The molecule has 1 aromatic carbocycles. The Morgan fingerprint density at radius 2 is 2.12 bits per heavy atom. The van der Waals surface area contributed by atoms with Gasteiger partial charge in [0.2, 0.25) is 5.88 Å². The van der Waals surface area contributed by atoms with E-state index >= 15 is 0 Å². The normalized spacial score (nSPS) is 9.44. The minimum atomic E-state index is 0.119. The molecule has 0 atom stereocenters. The van der Waals surface area contributed by atoms with E-state index < -0.39 is 0 Å². The fraction of sp³-hybridized carbons (Fsp3) is 0. The van der Waals surface area contributed by atoms with Crippen molar-refractivity contribution in [2.75, 3.05) is 0 Å². The Bertz CT molecular complexity index is 547. The average Bonchev–Trinajstić information content (AvgIpc) is 2.29. The molecule has 0 unspecified atom stereocenters. The Labute approximate surface area is 92.4 Å². The quantitative estimate of drug-likeness (QED) is 0.830. The summed E-state index contributed by atoms with van der Waals surface area (Å²) >= 11 is 0. The predicted molar refractivity (Wildman–Crippen MR) is 57.1 cm³/mol. The van der Waals surface area contributed by atoms with Crippen LogP contribution in [0.1, 0.15) is 5.56 Å². The van der Waals surface area contributed by atoms with Gasteiger partial charge in [-0.05, 0) is 18.2 Å². The Balaban J connectivity index is 2.24. The minimum Gasteiger partial charge on any atom is -0.508 e. The van der Waals surface area contributed by atoms with Crippen molar-refractivity contribution >= 4 is 0 Å². The van der Waals surface area contributed by atoms with Gasteiger partial charge in [0, 0.05) is 18.3 Å². The van der Waals surface area contributed by atoms with Crippen molar-refractivity contribution in [3.05, 3.63) is 48.2 Å². The third-order valence-corrected chi connectivity index (χ3v) is 1.90. The lowest BCUT2D eigenvalue weighted by molar-refractivity contribution is 0.445. The van der Waals surface area contributed by atoms with Crippen LogP contribution in [0.25, 0.3) is 0 Å². The lowest BCUT2D eigenvalue weighted by Gasteiger charge is -2.04. The molecule has 2 aromatic rings. The van der Waals surface area contributed by atoms with Crippen molar-refractivity contribution in [2.45, 2.75) is 0 Å². The molecule has 0 fully saturated rings. The Morgan fingerprint density at radius 1 is 1.25 bits per heavy atom. The summed E-state index contributed by atoms with van der Waals surface area (Å²) in [6.45, 7) is 0. The highest BCUT2D eigenvalue weighted by molar-refractivity contribution is 5.36. The molecule has 1 aromatic heterocycles. The first kappa shape index (κ1) is 9.99. The third-order valence-electron chi connectivity index (χ3n) is 1.90. The molecule has 1 N–H and O–H groups in total. The average molecular weight is 212 g/mol. The van der Waals surface area contributed by atoms with Crippen molar-refractivity contribution in [1.29, 1.82) is 5.26 Å². The van der Waals surface area contributed by atoms with Gasteiger partial charge in [-0.3, -0.25) is 0 Å². The monoisotopic (exact) mass is 212 g/mol. The third kappa shape index (κ3) is 2.28. The van der Waals surface area contributed by atoms with Crippen LogP contribution in [0.3, 0.4) is 0 Å². The van der Waals surface area contributed by atoms with Gasteiger partial charge in [-0.15, -0.1) is 0 Å². The molecule has 4 heteroatoms. The number of nitrogens with zero attached hydrogens (tertiary/aromatic N) is 2. The van der Waals surface area contributed by atoms with Gasteiger partial charge < -0.3 is 9.84 Å². The fourth-order valence-corrected chi connectivity index (χ4v) is 1.20. The van der Waals surface area contributed by atoms with Crippen molar-refractivity contribution in [3.63, 3.8) is 0 Å². The minimum absolute atomic E-state index is 0.119. The standard InChI is InChI=1S/C12H8N2O2/c13-8-9-4-5-14-12(6-9)16-11-3-1-2-10(15)7-11/h1-7,15H.